The second kappa shape index (κ2) is 10.8. The summed E-state index contributed by atoms with van der Waals surface area (Å²) in [5, 5.41) is 12.2. The van der Waals surface area contributed by atoms with Crippen LogP contribution in [0.4, 0.5) is 0 Å². The molecule has 1 aliphatic rings. The smallest absolute Gasteiger partial charge is 0.262 e. The second-order valence-corrected chi connectivity index (χ2v) is 7.68. The number of nitrogens with zero attached hydrogens (tertiary/aromatic N) is 1. The molecule has 0 aliphatic carbocycles. The van der Waals surface area contributed by atoms with E-state index in [0.29, 0.717) is 41.3 Å². The van der Waals surface area contributed by atoms with Crippen molar-refractivity contribution in [3.8, 4) is 17.6 Å². The molecular weight excluding hydrogens is 448 g/mol. The molecule has 2 aromatic carbocycles. The minimum absolute atomic E-state index is 0.0138. The minimum atomic E-state index is -0.424. The van der Waals surface area contributed by atoms with Crippen molar-refractivity contribution in [2.45, 2.75) is 25.6 Å². The molecule has 30 heavy (non-hydrogen) atoms. The van der Waals surface area contributed by atoms with Crippen molar-refractivity contribution >= 4 is 27.9 Å². The van der Waals surface area contributed by atoms with Gasteiger partial charge in [0, 0.05) is 13.2 Å². The van der Waals surface area contributed by atoms with Crippen LogP contribution in [-0.4, -0.2) is 32.3 Å². The van der Waals surface area contributed by atoms with Gasteiger partial charge in [-0.05, 0) is 58.1 Å². The van der Waals surface area contributed by atoms with E-state index < -0.39 is 5.91 Å². The van der Waals surface area contributed by atoms with Crippen molar-refractivity contribution in [1.29, 1.82) is 5.26 Å². The Bertz CT molecular complexity index is 948. The van der Waals surface area contributed by atoms with Crippen LogP contribution in [0.3, 0.4) is 0 Å². The van der Waals surface area contributed by atoms with Crippen LogP contribution < -0.4 is 14.8 Å². The van der Waals surface area contributed by atoms with Gasteiger partial charge in [0.1, 0.15) is 18.2 Å². The number of nitriles is 1. The summed E-state index contributed by atoms with van der Waals surface area (Å²) in [6.45, 7) is 1.51. The normalized spacial score (nSPS) is 16.0. The summed E-state index contributed by atoms with van der Waals surface area (Å²) in [4.78, 5) is 12.4. The number of carbonyl (C=O) groups excluding carboxylic acids is 1. The number of amides is 1. The Balaban J connectivity index is 1.73. The van der Waals surface area contributed by atoms with Gasteiger partial charge in [0.2, 0.25) is 0 Å². The number of halogens is 1. The van der Waals surface area contributed by atoms with E-state index in [0.717, 1.165) is 18.4 Å². The van der Waals surface area contributed by atoms with Gasteiger partial charge in [0.15, 0.2) is 11.5 Å². The highest BCUT2D eigenvalue weighted by Gasteiger charge is 2.18. The van der Waals surface area contributed by atoms with E-state index in [-0.39, 0.29) is 11.7 Å². The Kier molecular flexibility index (Phi) is 7.89. The first kappa shape index (κ1) is 21.9. The average Bonchev–Trinajstić information content (AvgIpc) is 3.29. The highest BCUT2D eigenvalue weighted by molar-refractivity contribution is 9.10. The third-order valence-corrected chi connectivity index (χ3v) is 5.26. The Morgan fingerprint density at radius 3 is 2.83 bits per heavy atom. The quantitative estimate of drug-likeness (QED) is 0.460. The molecule has 0 saturated carbocycles. The summed E-state index contributed by atoms with van der Waals surface area (Å²) in [6, 6.07) is 15.3. The fraction of sp³-hybridized carbons (Fsp3) is 0.304. The van der Waals surface area contributed by atoms with Crippen molar-refractivity contribution in [2.24, 2.45) is 0 Å². The molecule has 7 heteroatoms. The Morgan fingerprint density at radius 2 is 2.17 bits per heavy atom. The molecule has 1 N–H and O–H groups in total. The number of benzene rings is 2. The maximum atomic E-state index is 12.4. The molecule has 1 amide bonds. The summed E-state index contributed by atoms with van der Waals surface area (Å²) in [7, 11) is 1.55. The van der Waals surface area contributed by atoms with Crippen LogP contribution in [0.1, 0.15) is 24.0 Å². The molecule has 1 saturated heterocycles. The largest absolute Gasteiger partial charge is 0.493 e. The zero-order valence-electron chi connectivity index (χ0n) is 16.7. The summed E-state index contributed by atoms with van der Waals surface area (Å²) < 4.78 is 17.5. The van der Waals surface area contributed by atoms with Crippen LogP contribution in [0, 0.1) is 11.3 Å². The van der Waals surface area contributed by atoms with Crippen LogP contribution in [0.25, 0.3) is 6.08 Å². The van der Waals surface area contributed by atoms with E-state index in [4.69, 9.17) is 14.2 Å². The predicted octanol–water partition coefficient (Wildman–Crippen LogP) is 4.24. The zero-order valence-corrected chi connectivity index (χ0v) is 18.3. The number of ether oxygens (including phenoxy) is 3. The van der Waals surface area contributed by atoms with Crippen molar-refractivity contribution in [2.75, 3.05) is 20.3 Å². The number of methoxy groups -OCH3 is 1. The van der Waals surface area contributed by atoms with Crippen molar-refractivity contribution < 1.29 is 19.0 Å². The Hall–Kier alpha value is -2.82. The van der Waals surface area contributed by atoms with E-state index in [1.54, 1.807) is 19.2 Å². The number of nitrogens with one attached hydrogen (secondary N) is 1. The number of hydrogen-bond donors (Lipinski definition) is 1. The molecule has 156 valence electrons. The number of rotatable bonds is 8. The lowest BCUT2D eigenvalue weighted by molar-refractivity contribution is -0.117. The predicted molar refractivity (Wildman–Crippen MR) is 117 cm³/mol. The molecule has 1 fully saturated rings. The molecular formula is C23H23BrN2O4. The Morgan fingerprint density at radius 1 is 1.37 bits per heavy atom. The van der Waals surface area contributed by atoms with E-state index in [1.807, 2.05) is 36.4 Å². The molecule has 1 atom stereocenters. The van der Waals surface area contributed by atoms with Gasteiger partial charge in [-0.3, -0.25) is 4.79 Å². The first-order valence-corrected chi connectivity index (χ1v) is 10.5. The zero-order chi connectivity index (χ0) is 21.3. The van der Waals surface area contributed by atoms with Crippen LogP contribution in [-0.2, 0) is 16.1 Å². The second-order valence-electron chi connectivity index (χ2n) is 6.82. The first-order chi connectivity index (χ1) is 14.6. The van der Waals surface area contributed by atoms with Crippen molar-refractivity contribution in [3.05, 3.63) is 63.6 Å². The molecule has 1 heterocycles. The van der Waals surface area contributed by atoms with Gasteiger partial charge in [-0.2, -0.15) is 5.26 Å². The fourth-order valence-electron chi connectivity index (χ4n) is 3.12. The highest BCUT2D eigenvalue weighted by atomic mass is 79.9. The third-order valence-electron chi connectivity index (χ3n) is 4.67. The number of hydrogen-bond acceptors (Lipinski definition) is 5. The van der Waals surface area contributed by atoms with Gasteiger partial charge >= 0.3 is 0 Å². The number of carbonyl (C=O) groups is 1. The lowest BCUT2D eigenvalue weighted by Crippen LogP contribution is -2.32. The minimum Gasteiger partial charge on any atom is -0.493 e. The molecule has 0 radical (unpaired) electrons. The summed E-state index contributed by atoms with van der Waals surface area (Å²) in [5.41, 5.74) is 1.69. The topological polar surface area (TPSA) is 80.6 Å². The van der Waals surface area contributed by atoms with Crippen LogP contribution in [0.5, 0.6) is 11.5 Å². The molecule has 1 unspecified atom stereocenters. The van der Waals surface area contributed by atoms with Gasteiger partial charge in [0.05, 0.1) is 17.7 Å². The van der Waals surface area contributed by atoms with E-state index >= 15 is 0 Å². The van der Waals surface area contributed by atoms with E-state index in [9.17, 15) is 10.1 Å². The SMILES string of the molecule is COc1cc(/C=C(\C#N)C(=O)NCC2CCCO2)cc(Br)c1OCc1ccccc1. The van der Waals surface area contributed by atoms with Crippen molar-refractivity contribution in [1.82, 2.24) is 5.32 Å². The summed E-state index contributed by atoms with van der Waals surface area (Å²) in [6.07, 6.45) is 3.46. The summed E-state index contributed by atoms with van der Waals surface area (Å²) in [5.74, 6) is 0.635. The highest BCUT2D eigenvalue weighted by Crippen LogP contribution is 2.37. The fourth-order valence-corrected chi connectivity index (χ4v) is 3.69. The molecule has 0 bridgehead atoms. The van der Waals surface area contributed by atoms with Crippen molar-refractivity contribution in [3.63, 3.8) is 0 Å². The molecule has 6 nitrogen and oxygen atoms in total. The Labute approximate surface area is 184 Å². The first-order valence-electron chi connectivity index (χ1n) is 9.66. The molecule has 0 aromatic heterocycles. The van der Waals surface area contributed by atoms with Crippen LogP contribution >= 0.6 is 15.9 Å². The molecule has 1 aliphatic heterocycles. The molecule has 2 aromatic rings. The van der Waals surface area contributed by atoms with E-state index in [1.165, 1.54) is 6.08 Å². The maximum absolute atomic E-state index is 12.4. The molecule has 3 rings (SSSR count). The molecule has 0 spiro atoms. The van der Waals surface area contributed by atoms with Crippen LogP contribution in [0.2, 0.25) is 0 Å². The van der Waals surface area contributed by atoms with Gasteiger partial charge in [-0.1, -0.05) is 30.3 Å². The lowest BCUT2D eigenvalue weighted by atomic mass is 10.1. The lowest BCUT2D eigenvalue weighted by Gasteiger charge is -2.14. The average molecular weight is 471 g/mol. The van der Waals surface area contributed by atoms with Gasteiger partial charge in [-0.25, -0.2) is 0 Å². The van der Waals surface area contributed by atoms with Gasteiger partial charge in [-0.15, -0.1) is 0 Å². The summed E-state index contributed by atoms with van der Waals surface area (Å²) >= 11 is 3.50. The standard InChI is InChI=1S/C23H23BrN2O4/c1-28-21-12-17(10-18(13-25)23(27)26-14-19-8-5-9-29-19)11-20(24)22(21)30-15-16-6-3-2-4-7-16/h2-4,6-7,10-12,19H,5,8-9,14-15H2,1H3,(H,26,27)/b18-10+. The van der Waals surface area contributed by atoms with Gasteiger partial charge in [0.25, 0.3) is 5.91 Å². The monoisotopic (exact) mass is 470 g/mol. The maximum Gasteiger partial charge on any atom is 0.262 e. The third kappa shape index (κ3) is 5.85. The van der Waals surface area contributed by atoms with Crippen LogP contribution in [0.15, 0.2) is 52.5 Å². The van der Waals surface area contributed by atoms with Gasteiger partial charge < -0.3 is 19.5 Å². The van der Waals surface area contributed by atoms with E-state index in [2.05, 4.69) is 21.2 Å².